The molecule has 1 fully saturated rings. The van der Waals surface area contributed by atoms with Crippen LogP contribution in [0.15, 0.2) is 16.8 Å². The summed E-state index contributed by atoms with van der Waals surface area (Å²) in [6.45, 7) is 7.33. The van der Waals surface area contributed by atoms with Gasteiger partial charge in [0.1, 0.15) is 0 Å². The molecule has 0 spiro atoms. The van der Waals surface area contributed by atoms with Gasteiger partial charge in [0, 0.05) is 38.6 Å². The van der Waals surface area contributed by atoms with E-state index in [9.17, 15) is 9.59 Å². The summed E-state index contributed by atoms with van der Waals surface area (Å²) < 4.78 is 0. The van der Waals surface area contributed by atoms with Crippen molar-refractivity contribution in [2.45, 2.75) is 32.7 Å². The Hall–Kier alpha value is -1.40. The third-order valence-corrected chi connectivity index (χ3v) is 4.48. The van der Waals surface area contributed by atoms with Gasteiger partial charge in [-0.15, -0.1) is 0 Å². The van der Waals surface area contributed by atoms with Gasteiger partial charge in [0.25, 0.3) is 0 Å². The Balaban J connectivity index is 1.67. The lowest BCUT2D eigenvalue weighted by molar-refractivity contribution is -0.133. The van der Waals surface area contributed by atoms with Gasteiger partial charge in [0.2, 0.25) is 11.8 Å². The maximum Gasteiger partial charge on any atom is 0.234 e. The molecule has 1 aromatic heterocycles. The molecule has 0 radical (unpaired) electrons. The van der Waals surface area contributed by atoms with Crippen molar-refractivity contribution >= 4 is 23.2 Å². The molecule has 0 aromatic carbocycles. The summed E-state index contributed by atoms with van der Waals surface area (Å²) in [5, 5.41) is 7.04. The molecule has 0 atom stereocenters. The first-order valence-corrected chi connectivity index (χ1v) is 8.79. The summed E-state index contributed by atoms with van der Waals surface area (Å²) in [6.07, 6.45) is 1.39. The molecule has 6 heteroatoms. The third kappa shape index (κ3) is 5.42. The zero-order chi connectivity index (χ0) is 15.9. The lowest BCUT2D eigenvalue weighted by Crippen LogP contribution is -2.51. The van der Waals surface area contributed by atoms with E-state index >= 15 is 0 Å². The second kappa shape index (κ2) is 8.29. The number of thiophene rings is 1. The monoisotopic (exact) mass is 323 g/mol. The van der Waals surface area contributed by atoms with Crippen LogP contribution in [0.4, 0.5) is 0 Å². The summed E-state index contributed by atoms with van der Waals surface area (Å²) in [5.41, 5.74) is 1.24. The Kier molecular flexibility index (Phi) is 6.39. The molecule has 1 aliphatic rings. The summed E-state index contributed by atoms with van der Waals surface area (Å²) in [5.74, 6) is 0.282. The Bertz CT molecular complexity index is 480. The molecule has 1 N–H and O–H groups in total. The van der Waals surface area contributed by atoms with Crippen molar-refractivity contribution in [3.8, 4) is 0 Å². The molecule has 1 saturated heterocycles. The lowest BCUT2D eigenvalue weighted by atomic mass is 10.1. The standard InChI is InChI=1S/C16H25N3O2S/c1-13(2)17-15(20)11-18-6-8-19(9-7-18)16(21)4-3-14-5-10-22-12-14/h5,10,12-13H,3-4,6-9,11H2,1-2H3,(H,17,20). The predicted molar refractivity (Wildman–Crippen MR) is 88.9 cm³/mol. The molecule has 2 amide bonds. The van der Waals surface area contributed by atoms with Gasteiger partial charge in [0.15, 0.2) is 0 Å². The second-order valence-corrected chi connectivity index (χ2v) is 6.79. The van der Waals surface area contributed by atoms with Crippen LogP contribution < -0.4 is 5.32 Å². The van der Waals surface area contributed by atoms with Crippen molar-refractivity contribution in [2.75, 3.05) is 32.7 Å². The van der Waals surface area contributed by atoms with E-state index in [0.29, 0.717) is 13.0 Å². The Morgan fingerprint density at radius 2 is 2.00 bits per heavy atom. The average molecular weight is 323 g/mol. The number of nitrogens with one attached hydrogen (secondary N) is 1. The van der Waals surface area contributed by atoms with Crippen LogP contribution in [0.5, 0.6) is 0 Å². The van der Waals surface area contributed by atoms with Gasteiger partial charge in [-0.05, 0) is 42.7 Å². The van der Waals surface area contributed by atoms with Gasteiger partial charge < -0.3 is 10.2 Å². The molecule has 0 saturated carbocycles. The first kappa shape index (κ1) is 17.0. The number of nitrogens with zero attached hydrogens (tertiary/aromatic N) is 2. The highest BCUT2D eigenvalue weighted by Gasteiger charge is 2.22. The molecule has 0 unspecified atom stereocenters. The van der Waals surface area contributed by atoms with Crippen molar-refractivity contribution in [1.29, 1.82) is 0 Å². The fourth-order valence-corrected chi connectivity index (χ4v) is 3.27. The van der Waals surface area contributed by atoms with Gasteiger partial charge in [-0.2, -0.15) is 11.3 Å². The van der Waals surface area contributed by atoms with Crippen molar-refractivity contribution in [2.24, 2.45) is 0 Å². The largest absolute Gasteiger partial charge is 0.353 e. The normalized spacial score (nSPS) is 16.0. The second-order valence-electron chi connectivity index (χ2n) is 6.01. The number of rotatable bonds is 6. The molecule has 2 rings (SSSR count). The van der Waals surface area contributed by atoms with Crippen molar-refractivity contribution in [1.82, 2.24) is 15.1 Å². The van der Waals surface area contributed by atoms with E-state index in [1.807, 2.05) is 24.1 Å². The van der Waals surface area contributed by atoms with Crippen LogP contribution in [-0.2, 0) is 16.0 Å². The minimum absolute atomic E-state index is 0.0623. The van der Waals surface area contributed by atoms with E-state index in [0.717, 1.165) is 32.6 Å². The summed E-state index contributed by atoms with van der Waals surface area (Å²) in [7, 11) is 0. The Morgan fingerprint density at radius 1 is 1.27 bits per heavy atom. The highest BCUT2D eigenvalue weighted by molar-refractivity contribution is 7.07. The van der Waals surface area contributed by atoms with Crippen LogP contribution in [0.25, 0.3) is 0 Å². The van der Waals surface area contributed by atoms with Crippen LogP contribution in [0, 0.1) is 0 Å². The van der Waals surface area contributed by atoms with E-state index in [2.05, 4.69) is 21.7 Å². The van der Waals surface area contributed by atoms with Crippen LogP contribution >= 0.6 is 11.3 Å². The first-order valence-electron chi connectivity index (χ1n) is 7.85. The van der Waals surface area contributed by atoms with Gasteiger partial charge in [-0.3, -0.25) is 14.5 Å². The number of hydrogen-bond acceptors (Lipinski definition) is 4. The first-order chi connectivity index (χ1) is 10.5. The van der Waals surface area contributed by atoms with Gasteiger partial charge in [-0.1, -0.05) is 0 Å². The average Bonchev–Trinajstić information content (AvgIpc) is 2.98. The van der Waals surface area contributed by atoms with Crippen LogP contribution in [-0.4, -0.2) is 60.4 Å². The lowest BCUT2D eigenvalue weighted by Gasteiger charge is -2.34. The van der Waals surface area contributed by atoms with Gasteiger partial charge >= 0.3 is 0 Å². The van der Waals surface area contributed by atoms with E-state index in [4.69, 9.17) is 0 Å². The molecular weight excluding hydrogens is 298 g/mol. The predicted octanol–water partition coefficient (Wildman–Crippen LogP) is 1.35. The maximum atomic E-state index is 12.2. The van der Waals surface area contributed by atoms with Crippen LogP contribution in [0.3, 0.4) is 0 Å². The molecule has 1 aromatic rings. The molecule has 5 nitrogen and oxygen atoms in total. The quantitative estimate of drug-likeness (QED) is 0.860. The molecule has 0 bridgehead atoms. The number of piperazine rings is 1. The SMILES string of the molecule is CC(C)NC(=O)CN1CCN(C(=O)CCc2ccsc2)CC1. The van der Waals surface area contributed by atoms with Crippen molar-refractivity contribution < 1.29 is 9.59 Å². The van der Waals surface area contributed by atoms with Crippen molar-refractivity contribution in [3.05, 3.63) is 22.4 Å². The van der Waals surface area contributed by atoms with E-state index in [1.54, 1.807) is 11.3 Å². The number of aryl methyl sites for hydroxylation is 1. The topological polar surface area (TPSA) is 52.7 Å². The molecule has 22 heavy (non-hydrogen) atoms. The summed E-state index contributed by atoms with van der Waals surface area (Å²) in [4.78, 5) is 28.0. The molecule has 2 heterocycles. The Morgan fingerprint density at radius 3 is 2.59 bits per heavy atom. The zero-order valence-corrected chi connectivity index (χ0v) is 14.2. The zero-order valence-electron chi connectivity index (χ0n) is 13.4. The smallest absolute Gasteiger partial charge is 0.234 e. The van der Waals surface area contributed by atoms with E-state index < -0.39 is 0 Å². The van der Waals surface area contributed by atoms with Crippen LogP contribution in [0.1, 0.15) is 25.8 Å². The fraction of sp³-hybridized carbons (Fsp3) is 0.625. The van der Waals surface area contributed by atoms with E-state index in [1.165, 1.54) is 5.56 Å². The number of hydrogen-bond donors (Lipinski definition) is 1. The molecule has 1 aliphatic heterocycles. The number of carbonyl (C=O) groups is 2. The van der Waals surface area contributed by atoms with Gasteiger partial charge in [-0.25, -0.2) is 0 Å². The van der Waals surface area contributed by atoms with E-state index in [-0.39, 0.29) is 17.9 Å². The molecular formula is C16H25N3O2S. The summed E-state index contributed by atoms with van der Waals surface area (Å²) >= 11 is 1.67. The minimum Gasteiger partial charge on any atom is -0.353 e. The number of amides is 2. The number of carbonyl (C=O) groups excluding carboxylic acids is 2. The summed E-state index contributed by atoms with van der Waals surface area (Å²) in [6, 6.07) is 2.25. The maximum absolute atomic E-state index is 12.2. The van der Waals surface area contributed by atoms with Gasteiger partial charge in [0.05, 0.1) is 6.54 Å². The van der Waals surface area contributed by atoms with Crippen LogP contribution in [0.2, 0.25) is 0 Å². The molecule has 0 aliphatic carbocycles. The molecule has 122 valence electrons. The highest BCUT2D eigenvalue weighted by atomic mass is 32.1. The minimum atomic E-state index is 0.0623. The Labute approximate surface area is 136 Å². The fourth-order valence-electron chi connectivity index (χ4n) is 2.57. The van der Waals surface area contributed by atoms with Crippen molar-refractivity contribution in [3.63, 3.8) is 0 Å². The highest BCUT2D eigenvalue weighted by Crippen LogP contribution is 2.10. The third-order valence-electron chi connectivity index (χ3n) is 3.75.